The Morgan fingerprint density at radius 2 is 0.946 bits per heavy atom. The van der Waals surface area contributed by atoms with E-state index >= 15 is 0 Å². The molecule has 7 aromatic carbocycles. The maximum atomic E-state index is 5.15. The van der Waals surface area contributed by atoms with E-state index in [4.69, 9.17) is 15.0 Å². The average Bonchev–Trinajstić information content (AvgIpc) is 4.03. The largest absolute Gasteiger partial charge is 0.309 e. The zero-order chi connectivity index (χ0) is 36.7. The van der Waals surface area contributed by atoms with Crippen molar-refractivity contribution in [3.8, 4) is 40.1 Å². The normalized spacial score (nSPS) is 11.9. The molecule has 0 aliphatic heterocycles. The first kappa shape index (κ1) is 31.0. The second kappa shape index (κ2) is 12.1. The Bertz CT molecular complexity index is 3410. The van der Waals surface area contributed by atoms with Crippen LogP contribution in [-0.2, 0) is 0 Å². The maximum absolute atomic E-state index is 5.15. The Morgan fingerprint density at radius 1 is 0.375 bits per heavy atom. The van der Waals surface area contributed by atoms with E-state index in [-0.39, 0.29) is 0 Å². The van der Waals surface area contributed by atoms with E-state index in [1.54, 1.807) is 11.3 Å². The minimum atomic E-state index is 0.581. The Morgan fingerprint density at radius 3 is 1.64 bits per heavy atom. The summed E-state index contributed by atoms with van der Waals surface area (Å²) >= 11 is 1.79. The van der Waals surface area contributed by atoms with Gasteiger partial charge in [0.15, 0.2) is 11.6 Å². The van der Waals surface area contributed by atoms with Gasteiger partial charge in [0.05, 0.1) is 27.6 Å². The van der Waals surface area contributed by atoms with Crippen molar-refractivity contribution in [2.24, 2.45) is 0 Å². The van der Waals surface area contributed by atoms with Crippen LogP contribution in [0.15, 0.2) is 181 Å². The molecule has 0 fully saturated rings. The summed E-state index contributed by atoms with van der Waals surface area (Å²) in [4.78, 5) is 16.5. The molecule has 0 N–H and O–H groups in total. The molecule has 262 valence electrons. The highest BCUT2D eigenvalue weighted by Gasteiger charge is 2.23. The minimum Gasteiger partial charge on any atom is -0.309 e. The second-order valence-electron chi connectivity index (χ2n) is 14.1. The Hall–Kier alpha value is -7.35. The average molecular weight is 735 g/mol. The Kier molecular flexibility index (Phi) is 6.70. The SMILES string of the molecule is c1ccc(-c2nc(-c3ccccc3)nc(-n3c4ccccc4c4cc(-n5c6ccccc6c6ccc7c(c8ccsc8n7-c7ccccc7)c65)ccc43)n2)cc1. The third kappa shape index (κ3) is 4.52. The van der Waals surface area contributed by atoms with Gasteiger partial charge in [0.1, 0.15) is 4.83 Å². The molecule has 0 aliphatic carbocycles. The lowest BCUT2D eigenvalue weighted by Crippen LogP contribution is -2.06. The fourth-order valence-corrected chi connectivity index (χ4v) is 9.53. The van der Waals surface area contributed by atoms with Gasteiger partial charge in [0.2, 0.25) is 5.95 Å². The standard InChI is InChI=1S/C49H30N6S/c1-4-14-31(15-5-1)46-50-47(32-16-6-2-7-17-32)52-49(51-46)55-41-23-13-11-21-36(41)39-30-34(24-26-42(39)55)53-40-22-12-10-20-35(40)37-25-27-43-44(45(37)53)38-28-29-56-48(38)54(43)33-18-8-3-9-19-33/h1-30H. The summed E-state index contributed by atoms with van der Waals surface area (Å²) in [7, 11) is 0. The molecule has 5 heterocycles. The second-order valence-corrected chi connectivity index (χ2v) is 15.0. The molecule has 5 aromatic heterocycles. The van der Waals surface area contributed by atoms with Gasteiger partial charge in [0.25, 0.3) is 0 Å². The summed E-state index contributed by atoms with van der Waals surface area (Å²) in [5.41, 5.74) is 9.79. The molecular weight excluding hydrogens is 705 g/mol. The fourth-order valence-electron chi connectivity index (χ4n) is 8.59. The van der Waals surface area contributed by atoms with Crippen LogP contribution in [0.1, 0.15) is 0 Å². The predicted octanol–water partition coefficient (Wildman–Crippen LogP) is 12.6. The highest BCUT2D eigenvalue weighted by molar-refractivity contribution is 7.17. The van der Waals surface area contributed by atoms with Gasteiger partial charge in [0, 0.05) is 54.8 Å². The molecule has 56 heavy (non-hydrogen) atoms. The number of hydrogen-bond acceptors (Lipinski definition) is 4. The van der Waals surface area contributed by atoms with Gasteiger partial charge in [-0.25, -0.2) is 4.98 Å². The van der Waals surface area contributed by atoms with Crippen molar-refractivity contribution in [2.75, 3.05) is 0 Å². The summed E-state index contributed by atoms with van der Waals surface area (Å²) < 4.78 is 7.07. The first-order valence-electron chi connectivity index (χ1n) is 18.7. The molecule has 0 aliphatic rings. The lowest BCUT2D eigenvalue weighted by molar-refractivity contribution is 0.953. The van der Waals surface area contributed by atoms with Gasteiger partial charge in [-0.05, 0) is 60.0 Å². The number of benzene rings is 7. The number of rotatable bonds is 5. The molecule has 12 rings (SSSR count). The van der Waals surface area contributed by atoms with Crippen LogP contribution < -0.4 is 0 Å². The summed E-state index contributed by atoms with van der Waals surface area (Å²) in [6, 6.07) is 62.0. The van der Waals surface area contributed by atoms with Crippen LogP contribution in [0.2, 0.25) is 0 Å². The van der Waals surface area contributed by atoms with Crippen molar-refractivity contribution in [3.05, 3.63) is 181 Å². The van der Waals surface area contributed by atoms with Gasteiger partial charge in [-0.1, -0.05) is 121 Å². The Balaban J connectivity index is 1.15. The lowest BCUT2D eigenvalue weighted by atomic mass is 10.1. The van der Waals surface area contributed by atoms with E-state index in [1.165, 1.54) is 42.9 Å². The van der Waals surface area contributed by atoms with Gasteiger partial charge < -0.3 is 9.13 Å². The van der Waals surface area contributed by atoms with E-state index in [2.05, 4.69) is 134 Å². The maximum Gasteiger partial charge on any atom is 0.238 e. The summed E-state index contributed by atoms with van der Waals surface area (Å²) in [6.45, 7) is 0. The zero-order valence-corrected chi connectivity index (χ0v) is 30.7. The number of nitrogens with zero attached hydrogens (tertiary/aromatic N) is 6. The van der Waals surface area contributed by atoms with E-state index in [9.17, 15) is 0 Å². The fraction of sp³-hybridized carbons (Fsp3) is 0. The highest BCUT2D eigenvalue weighted by atomic mass is 32.1. The highest BCUT2D eigenvalue weighted by Crippen LogP contribution is 2.44. The molecule has 6 nitrogen and oxygen atoms in total. The number of aromatic nitrogens is 6. The first-order chi connectivity index (χ1) is 27.8. The quantitative estimate of drug-likeness (QED) is 0.177. The molecule has 0 saturated carbocycles. The third-order valence-electron chi connectivity index (χ3n) is 11.0. The lowest BCUT2D eigenvalue weighted by Gasteiger charge is -2.12. The molecule has 0 bridgehead atoms. The topological polar surface area (TPSA) is 53.5 Å². The monoisotopic (exact) mass is 734 g/mol. The van der Waals surface area contributed by atoms with Crippen LogP contribution >= 0.6 is 11.3 Å². The zero-order valence-electron chi connectivity index (χ0n) is 29.9. The molecule has 0 atom stereocenters. The number of fused-ring (bicyclic) bond motifs is 10. The smallest absolute Gasteiger partial charge is 0.238 e. The van der Waals surface area contributed by atoms with E-state index in [0.29, 0.717) is 17.6 Å². The van der Waals surface area contributed by atoms with Crippen LogP contribution in [0, 0.1) is 0 Å². The molecule has 7 heteroatoms. The van der Waals surface area contributed by atoms with Crippen LogP contribution in [0.5, 0.6) is 0 Å². The van der Waals surface area contributed by atoms with Gasteiger partial charge in [-0.3, -0.25) is 4.57 Å². The van der Waals surface area contributed by atoms with Crippen molar-refractivity contribution in [3.63, 3.8) is 0 Å². The van der Waals surface area contributed by atoms with E-state index in [0.717, 1.165) is 44.3 Å². The minimum absolute atomic E-state index is 0.581. The molecule has 0 radical (unpaired) electrons. The molecule has 0 saturated heterocycles. The summed E-state index contributed by atoms with van der Waals surface area (Å²) in [5.74, 6) is 1.85. The van der Waals surface area contributed by atoms with Crippen LogP contribution in [0.4, 0.5) is 0 Å². The summed E-state index contributed by atoms with van der Waals surface area (Å²) in [5, 5.41) is 9.46. The van der Waals surface area contributed by atoms with Crippen LogP contribution in [0.25, 0.3) is 105 Å². The molecule has 12 aromatic rings. The van der Waals surface area contributed by atoms with Gasteiger partial charge >= 0.3 is 0 Å². The predicted molar refractivity (Wildman–Crippen MR) is 232 cm³/mol. The van der Waals surface area contributed by atoms with E-state index in [1.807, 2.05) is 60.7 Å². The molecule has 0 amide bonds. The molecular formula is C49H30N6S. The van der Waals surface area contributed by atoms with Crippen molar-refractivity contribution < 1.29 is 0 Å². The van der Waals surface area contributed by atoms with Crippen LogP contribution in [0.3, 0.4) is 0 Å². The van der Waals surface area contributed by atoms with Crippen molar-refractivity contribution >= 4 is 76.1 Å². The third-order valence-corrected chi connectivity index (χ3v) is 11.9. The van der Waals surface area contributed by atoms with Crippen molar-refractivity contribution in [1.29, 1.82) is 0 Å². The Labute approximate surface area is 324 Å². The van der Waals surface area contributed by atoms with Gasteiger partial charge in [-0.2, -0.15) is 9.97 Å². The van der Waals surface area contributed by atoms with E-state index < -0.39 is 0 Å². The molecule has 0 spiro atoms. The van der Waals surface area contributed by atoms with Crippen molar-refractivity contribution in [1.82, 2.24) is 28.7 Å². The van der Waals surface area contributed by atoms with Crippen LogP contribution in [-0.4, -0.2) is 28.7 Å². The van der Waals surface area contributed by atoms with Crippen molar-refractivity contribution in [2.45, 2.75) is 0 Å². The summed E-state index contributed by atoms with van der Waals surface area (Å²) in [6.07, 6.45) is 0. The molecule has 0 unspecified atom stereocenters. The first-order valence-corrected chi connectivity index (χ1v) is 19.6. The number of para-hydroxylation sites is 3. The van der Waals surface area contributed by atoms with Gasteiger partial charge in [-0.15, -0.1) is 11.3 Å². The number of hydrogen-bond donors (Lipinski definition) is 0. The number of thiophene rings is 1.